The summed E-state index contributed by atoms with van der Waals surface area (Å²) < 4.78 is 11.2. The molecule has 0 bridgehead atoms. The van der Waals surface area contributed by atoms with Crippen molar-refractivity contribution in [2.24, 2.45) is 0 Å². The van der Waals surface area contributed by atoms with Crippen LogP contribution in [0.5, 0.6) is 17.2 Å². The zero-order valence-electron chi connectivity index (χ0n) is 15.1. The molecule has 0 unspecified atom stereocenters. The van der Waals surface area contributed by atoms with Crippen LogP contribution in [0.1, 0.15) is 17.3 Å². The van der Waals surface area contributed by atoms with Crippen LogP contribution >= 0.6 is 11.6 Å². The standard InChI is InChI=1S/C22H18ClNO4/c1-15(25)18-6-2-4-8-20(18)27-14-22(26)24-16-10-12-17(13-11-16)28-21-9-5-3-7-19(21)23/h2-13H,14H2,1H3,(H,24,26). The highest BCUT2D eigenvalue weighted by Crippen LogP contribution is 2.29. The Balaban J connectivity index is 1.56. The third-order valence-electron chi connectivity index (χ3n) is 3.83. The SMILES string of the molecule is CC(=O)c1ccccc1OCC(=O)Nc1ccc(Oc2ccccc2Cl)cc1. The molecule has 0 radical (unpaired) electrons. The van der Waals surface area contributed by atoms with Gasteiger partial charge in [-0.1, -0.05) is 35.9 Å². The minimum atomic E-state index is -0.335. The molecular weight excluding hydrogens is 378 g/mol. The summed E-state index contributed by atoms with van der Waals surface area (Å²) >= 11 is 6.07. The number of rotatable bonds is 7. The molecule has 142 valence electrons. The van der Waals surface area contributed by atoms with Gasteiger partial charge in [-0.2, -0.15) is 0 Å². The molecule has 0 fully saturated rings. The van der Waals surface area contributed by atoms with Crippen molar-refractivity contribution < 1.29 is 19.1 Å². The van der Waals surface area contributed by atoms with E-state index in [-0.39, 0.29) is 18.3 Å². The van der Waals surface area contributed by atoms with Gasteiger partial charge in [-0.05, 0) is 55.5 Å². The summed E-state index contributed by atoms with van der Waals surface area (Å²) in [6.45, 7) is 1.25. The highest BCUT2D eigenvalue weighted by molar-refractivity contribution is 6.32. The van der Waals surface area contributed by atoms with E-state index in [0.717, 1.165) is 0 Å². The molecule has 0 saturated heterocycles. The number of hydrogen-bond acceptors (Lipinski definition) is 4. The van der Waals surface area contributed by atoms with Gasteiger partial charge in [0.2, 0.25) is 0 Å². The normalized spacial score (nSPS) is 10.2. The zero-order chi connectivity index (χ0) is 19.9. The summed E-state index contributed by atoms with van der Waals surface area (Å²) in [4.78, 5) is 23.7. The van der Waals surface area contributed by atoms with Crippen molar-refractivity contribution in [3.8, 4) is 17.2 Å². The van der Waals surface area contributed by atoms with Crippen molar-refractivity contribution >= 4 is 29.0 Å². The van der Waals surface area contributed by atoms with Crippen molar-refractivity contribution in [1.82, 2.24) is 0 Å². The number of ether oxygens (including phenoxy) is 2. The van der Waals surface area contributed by atoms with Gasteiger partial charge in [-0.3, -0.25) is 9.59 Å². The highest BCUT2D eigenvalue weighted by atomic mass is 35.5. The number of hydrogen-bond donors (Lipinski definition) is 1. The van der Waals surface area contributed by atoms with Gasteiger partial charge in [-0.15, -0.1) is 0 Å². The van der Waals surface area contributed by atoms with Crippen LogP contribution in [0.25, 0.3) is 0 Å². The monoisotopic (exact) mass is 395 g/mol. The Bertz CT molecular complexity index is 986. The van der Waals surface area contributed by atoms with Gasteiger partial charge in [0.1, 0.15) is 17.2 Å². The quantitative estimate of drug-likeness (QED) is 0.547. The largest absolute Gasteiger partial charge is 0.483 e. The molecule has 3 rings (SSSR count). The first-order valence-corrected chi connectivity index (χ1v) is 8.96. The van der Waals surface area contributed by atoms with Crippen molar-refractivity contribution in [3.63, 3.8) is 0 Å². The Morgan fingerprint density at radius 1 is 0.893 bits per heavy atom. The lowest BCUT2D eigenvalue weighted by atomic mass is 10.1. The lowest BCUT2D eigenvalue weighted by molar-refractivity contribution is -0.118. The first-order valence-electron chi connectivity index (χ1n) is 8.58. The van der Waals surface area contributed by atoms with E-state index in [9.17, 15) is 9.59 Å². The maximum absolute atomic E-state index is 12.1. The van der Waals surface area contributed by atoms with Crippen molar-refractivity contribution in [2.75, 3.05) is 11.9 Å². The summed E-state index contributed by atoms with van der Waals surface area (Å²) in [6, 6.07) is 20.9. The number of Topliss-reactive ketones (excluding diaryl/α,β-unsaturated/α-hetero) is 1. The lowest BCUT2D eigenvalue weighted by Crippen LogP contribution is -2.20. The van der Waals surface area contributed by atoms with E-state index in [1.807, 2.05) is 12.1 Å². The fraction of sp³-hybridized carbons (Fsp3) is 0.0909. The third-order valence-corrected chi connectivity index (χ3v) is 4.14. The lowest BCUT2D eigenvalue weighted by Gasteiger charge is -2.11. The van der Waals surface area contributed by atoms with E-state index in [1.165, 1.54) is 6.92 Å². The van der Waals surface area contributed by atoms with Gasteiger partial charge in [0.25, 0.3) is 5.91 Å². The van der Waals surface area contributed by atoms with E-state index in [1.54, 1.807) is 60.7 Å². The van der Waals surface area contributed by atoms with Crippen LogP contribution in [-0.2, 0) is 4.79 Å². The number of ketones is 1. The average Bonchev–Trinajstić information content (AvgIpc) is 2.70. The Labute approximate surface area is 167 Å². The zero-order valence-corrected chi connectivity index (χ0v) is 15.9. The van der Waals surface area contributed by atoms with Crippen LogP contribution in [0.2, 0.25) is 5.02 Å². The third kappa shape index (κ3) is 5.11. The van der Waals surface area contributed by atoms with Crippen LogP contribution in [0.4, 0.5) is 5.69 Å². The van der Waals surface area contributed by atoms with Gasteiger partial charge in [0, 0.05) is 5.69 Å². The fourth-order valence-corrected chi connectivity index (χ4v) is 2.66. The number of amides is 1. The Morgan fingerprint density at radius 2 is 1.54 bits per heavy atom. The second-order valence-corrected chi connectivity index (χ2v) is 6.35. The molecule has 0 saturated carbocycles. The molecule has 0 aromatic heterocycles. The Morgan fingerprint density at radius 3 is 2.21 bits per heavy atom. The first kappa shape index (κ1) is 19.5. The molecule has 5 nitrogen and oxygen atoms in total. The second-order valence-electron chi connectivity index (χ2n) is 5.95. The molecule has 1 N–H and O–H groups in total. The first-order chi connectivity index (χ1) is 13.5. The molecule has 0 atom stereocenters. The minimum absolute atomic E-state index is 0.120. The minimum Gasteiger partial charge on any atom is -0.483 e. The highest BCUT2D eigenvalue weighted by Gasteiger charge is 2.10. The molecule has 0 aliphatic heterocycles. The number of anilines is 1. The smallest absolute Gasteiger partial charge is 0.262 e. The van der Waals surface area contributed by atoms with Crippen LogP contribution < -0.4 is 14.8 Å². The van der Waals surface area contributed by atoms with Gasteiger partial charge >= 0.3 is 0 Å². The molecule has 0 spiro atoms. The molecule has 1 amide bonds. The number of carbonyl (C=O) groups is 2. The number of halogens is 1. The number of benzene rings is 3. The van der Waals surface area contributed by atoms with Gasteiger partial charge < -0.3 is 14.8 Å². The summed E-state index contributed by atoms with van der Waals surface area (Å²) in [6.07, 6.45) is 0. The van der Waals surface area contributed by atoms with E-state index < -0.39 is 0 Å². The Hall–Kier alpha value is -3.31. The molecule has 6 heteroatoms. The van der Waals surface area contributed by atoms with Crippen molar-refractivity contribution in [3.05, 3.63) is 83.4 Å². The van der Waals surface area contributed by atoms with E-state index in [4.69, 9.17) is 21.1 Å². The van der Waals surface area contributed by atoms with Crippen molar-refractivity contribution in [2.45, 2.75) is 6.92 Å². The summed E-state index contributed by atoms with van der Waals surface area (Å²) in [7, 11) is 0. The predicted molar refractivity (Wildman–Crippen MR) is 109 cm³/mol. The van der Waals surface area contributed by atoms with E-state index in [2.05, 4.69) is 5.32 Å². The Kier molecular flexibility index (Phi) is 6.29. The fourth-order valence-electron chi connectivity index (χ4n) is 2.48. The summed E-state index contributed by atoms with van der Waals surface area (Å²) in [5.74, 6) is 1.08. The molecular formula is C22H18ClNO4. The average molecular weight is 396 g/mol. The van der Waals surface area contributed by atoms with Gasteiger partial charge in [0.05, 0.1) is 10.6 Å². The van der Waals surface area contributed by atoms with Crippen LogP contribution in [0, 0.1) is 0 Å². The molecule has 3 aromatic carbocycles. The molecule has 28 heavy (non-hydrogen) atoms. The summed E-state index contributed by atoms with van der Waals surface area (Å²) in [5.41, 5.74) is 1.04. The van der Waals surface area contributed by atoms with Gasteiger partial charge in [-0.25, -0.2) is 0 Å². The molecule has 0 aliphatic rings. The van der Waals surface area contributed by atoms with Gasteiger partial charge in [0.15, 0.2) is 12.4 Å². The van der Waals surface area contributed by atoms with E-state index >= 15 is 0 Å². The summed E-state index contributed by atoms with van der Waals surface area (Å²) in [5, 5.41) is 3.25. The topological polar surface area (TPSA) is 64.6 Å². The number of para-hydroxylation sites is 2. The van der Waals surface area contributed by atoms with Crippen LogP contribution in [-0.4, -0.2) is 18.3 Å². The maximum Gasteiger partial charge on any atom is 0.262 e. The molecule has 0 aliphatic carbocycles. The molecule has 3 aromatic rings. The number of nitrogens with one attached hydrogen (secondary N) is 1. The van der Waals surface area contributed by atoms with Crippen molar-refractivity contribution in [1.29, 1.82) is 0 Å². The second kappa shape index (κ2) is 9.06. The molecule has 0 heterocycles. The maximum atomic E-state index is 12.1. The number of carbonyl (C=O) groups excluding carboxylic acids is 2. The van der Waals surface area contributed by atoms with Crippen LogP contribution in [0.3, 0.4) is 0 Å². The predicted octanol–water partition coefficient (Wildman–Crippen LogP) is 5.35. The van der Waals surface area contributed by atoms with E-state index in [0.29, 0.717) is 33.5 Å². The van der Waals surface area contributed by atoms with Crippen LogP contribution in [0.15, 0.2) is 72.8 Å².